The molecule has 1 aliphatic rings. The number of alkyl halides is 1. The van der Waals surface area contributed by atoms with Crippen LogP contribution in [0.4, 0.5) is 0 Å². The minimum absolute atomic E-state index is 0.179. The van der Waals surface area contributed by atoms with Gasteiger partial charge in [0, 0.05) is 4.43 Å². The van der Waals surface area contributed by atoms with E-state index < -0.39 is 0 Å². The van der Waals surface area contributed by atoms with Crippen LogP contribution < -0.4 is 0 Å². The van der Waals surface area contributed by atoms with Gasteiger partial charge in [-0.15, -0.1) is 0 Å². The SMILES string of the molecule is CCOC(=O)C[N+]1=C(CC)OC(CI)C1. The number of nitrogens with zero attached hydrogens (tertiary/aromatic N) is 1. The van der Waals surface area contributed by atoms with Crippen molar-refractivity contribution in [2.45, 2.75) is 26.4 Å². The minimum atomic E-state index is -0.179. The van der Waals surface area contributed by atoms with E-state index in [4.69, 9.17) is 9.47 Å². The Balaban J connectivity index is 2.54. The third-order valence-corrected chi connectivity index (χ3v) is 3.16. The van der Waals surface area contributed by atoms with Crippen LogP contribution in [0, 0.1) is 0 Å². The van der Waals surface area contributed by atoms with Gasteiger partial charge in [0.25, 0.3) is 0 Å². The molecule has 15 heavy (non-hydrogen) atoms. The maximum absolute atomic E-state index is 11.3. The van der Waals surface area contributed by atoms with Gasteiger partial charge in [0.05, 0.1) is 13.0 Å². The van der Waals surface area contributed by atoms with Crippen LogP contribution in [0.2, 0.25) is 0 Å². The molecule has 1 aliphatic heterocycles. The molecule has 0 aromatic rings. The largest absolute Gasteiger partial charge is 0.461 e. The number of carbonyl (C=O) groups excluding carboxylic acids is 1. The zero-order valence-electron chi connectivity index (χ0n) is 9.16. The van der Waals surface area contributed by atoms with Crippen molar-refractivity contribution in [2.24, 2.45) is 0 Å². The van der Waals surface area contributed by atoms with Gasteiger partial charge < -0.3 is 9.47 Å². The van der Waals surface area contributed by atoms with E-state index in [1.807, 2.05) is 18.4 Å². The smallest absolute Gasteiger partial charge is 0.372 e. The summed E-state index contributed by atoms with van der Waals surface area (Å²) in [6.07, 6.45) is 1.04. The summed E-state index contributed by atoms with van der Waals surface area (Å²) >= 11 is 2.30. The number of ether oxygens (including phenoxy) is 2. The summed E-state index contributed by atoms with van der Waals surface area (Å²) in [5.41, 5.74) is 0. The van der Waals surface area contributed by atoms with Gasteiger partial charge in [0.1, 0.15) is 0 Å². The molecule has 4 nitrogen and oxygen atoms in total. The van der Waals surface area contributed by atoms with Crippen LogP contribution in [0.25, 0.3) is 0 Å². The molecule has 0 saturated heterocycles. The van der Waals surface area contributed by atoms with Gasteiger partial charge in [-0.2, -0.15) is 4.58 Å². The predicted molar refractivity (Wildman–Crippen MR) is 65.7 cm³/mol. The molecule has 0 aliphatic carbocycles. The number of halogens is 1. The molecule has 1 rings (SSSR count). The first-order chi connectivity index (χ1) is 7.21. The van der Waals surface area contributed by atoms with Crippen molar-refractivity contribution in [2.75, 3.05) is 24.1 Å². The van der Waals surface area contributed by atoms with Crippen LogP contribution in [0.1, 0.15) is 20.3 Å². The van der Waals surface area contributed by atoms with E-state index in [9.17, 15) is 4.79 Å². The summed E-state index contributed by atoms with van der Waals surface area (Å²) in [6.45, 7) is 5.39. The lowest BCUT2D eigenvalue weighted by molar-refractivity contribution is -0.512. The van der Waals surface area contributed by atoms with Gasteiger partial charge in [0.15, 0.2) is 12.6 Å². The molecule has 0 spiro atoms. The van der Waals surface area contributed by atoms with Crippen molar-refractivity contribution < 1.29 is 18.8 Å². The third-order valence-electron chi connectivity index (χ3n) is 2.18. The van der Waals surface area contributed by atoms with Crippen molar-refractivity contribution in [3.8, 4) is 0 Å². The van der Waals surface area contributed by atoms with Gasteiger partial charge in [-0.1, -0.05) is 29.5 Å². The molecular weight excluding hydrogens is 309 g/mol. The van der Waals surface area contributed by atoms with E-state index >= 15 is 0 Å². The van der Waals surface area contributed by atoms with Crippen LogP contribution in [0.3, 0.4) is 0 Å². The number of hydrogen-bond acceptors (Lipinski definition) is 3. The Labute approximate surface area is 104 Å². The summed E-state index contributed by atoms with van der Waals surface area (Å²) < 4.78 is 13.5. The first-order valence-electron chi connectivity index (χ1n) is 5.20. The number of esters is 1. The number of carbonyl (C=O) groups is 1. The van der Waals surface area contributed by atoms with Gasteiger partial charge in [0.2, 0.25) is 6.54 Å². The summed E-state index contributed by atoms with van der Waals surface area (Å²) in [4.78, 5) is 11.3. The molecule has 0 N–H and O–H groups in total. The van der Waals surface area contributed by atoms with E-state index in [0.717, 1.165) is 23.3 Å². The van der Waals surface area contributed by atoms with Crippen molar-refractivity contribution in [1.82, 2.24) is 0 Å². The average Bonchev–Trinajstić information content (AvgIpc) is 2.60. The normalized spacial score (nSPS) is 20.3. The molecule has 0 saturated carbocycles. The highest BCUT2D eigenvalue weighted by molar-refractivity contribution is 14.1. The average molecular weight is 326 g/mol. The molecule has 0 radical (unpaired) electrons. The van der Waals surface area contributed by atoms with Crippen LogP contribution in [-0.4, -0.2) is 46.7 Å². The van der Waals surface area contributed by atoms with E-state index in [-0.39, 0.29) is 12.1 Å². The molecule has 5 heteroatoms. The van der Waals surface area contributed by atoms with Gasteiger partial charge in [-0.3, -0.25) is 0 Å². The second-order valence-electron chi connectivity index (χ2n) is 3.33. The lowest BCUT2D eigenvalue weighted by atomic mass is 10.4. The Morgan fingerprint density at radius 3 is 2.93 bits per heavy atom. The Morgan fingerprint density at radius 1 is 1.67 bits per heavy atom. The lowest BCUT2D eigenvalue weighted by Crippen LogP contribution is -2.26. The van der Waals surface area contributed by atoms with E-state index in [1.165, 1.54) is 0 Å². The van der Waals surface area contributed by atoms with Crippen LogP contribution in [-0.2, 0) is 14.3 Å². The molecule has 0 bridgehead atoms. The second-order valence-corrected chi connectivity index (χ2v) is 4.21. The van der Waals surface area contributed by atoms with E-state index in [2.05, 4.69) is 22.6 Å². The van der Waals surface area contributed by atoms with Crippen molar-refractivity contribution in [3.05, 3.63) is 0 Å². The Kier molecular flexibility index (Phi) is 5.35. The minimum Gasteiger partial charge on any atom is -0.461 e. The third kappa shape index (κ3) is 3.62. The lowest BCUT2D eigenvalue weighted by Gasteiger charge is -1.99. The Hall–Kier alpha value is -0.330. The van der Waals surface area contributed by atoms with Crippen LogP contribution in [0.15, 0.2) is 0 Å². The highest BCUT2D eigenvalue weighted by atomic mass is 127. The molecule has 0 aromatic heterocycles. The predicted octanol–water partition coefficient (Wildman–Crippen LogP) is 1.20. The first kappa shape index (κ1) is 12.7. The van der Waals surface area contributed by atoms with Gasteiger partial charge >= 0.3 is 11.9 Å². The van der Waals surface area contributed by atoms with Crippen molar-refractivity contribution >= 4 is 34.5 Å². The number of hydrogen-bond donors (Lipinski definition) is 0. The second kappa shape index (κ2) is 6.30. The maximum atomic E-state index is 11.3. The summed E-state index contributed by atoms with van der Waals surface area (Å²) in [5.74, 6) is 0.728. The summed E-state index contributed by atoms with van der Waals surface area (Å²) in [5, 5.41) is 0. The quantitative estimate of drug-likeness (QED) is 0.330. The molecule has 86 valence electrons. The fraction of sp³-hybridized carbons (Fsp3) is 0.800. The zero-order chi connectivity index (χ0) is 11.3. The fourth-order valence-corrected chi connectivity index (χ4v) is 2.01. The number of rotatable bonds is 5. The highest BCUT2D eigenvalue weighted by Gasteiger charge is 2.32. The standard InChI is InChI=1S/C10H17INO3/c1-3-9-12(6-8(5-11)15-9)7-10(13)14-4-2/h8H,3-7H2,1-2H3/q+1. The topological polar surface area (TPSA) is 38.5 Å². The van der Waals surface area contributed by atoms with Gasteiger partial charge in [-0.25, -0.2) is 4.79 Å². The zero-order valence-corrected chi connectivity index (χ0v) is 11.3. The van der Waals surface area contributed by atoms with Crippen LogP contribution in [0.5, 0.6) is 0 Å². The molecule has 0 aromatic carbocycles. The Morgan fingerprint density at radius 2 is 2.40 bits per heavy atom. The first-order valence-corrected chi connectivity index (χ1v) is 6.72. The van der Waals surface area contributed by atoms with Crippen molar-refractivity contribution in [3.63, 3.8) is 0 Å². The van der Waals surface area contributed by atoms with Crippen LogP contribution >= 0.6 is 22.6 Å². The summed E-state index contributed by atoms with van der Waals surface area (Å²) in [6, 6.07) is 0. The Bertz CT molecular complexity index is 265. The van der Waals surface area contributed by atoms with E-state index in [1.54, 1.807) is 0 Å². The summed E-state index contributed by atoms with van der Waals surface area (Å²) in [7, 11) is 0. The van der Waals surface area contributed by atoms with E-state index in [0.29, 0.717) is 13.2 Å². The van der Waals surface area contributed by atoms with Gasteiger partial charge in [-0.05, 0) is 6.92 Å². The molecule has 0 fully saturated rings. The molecule has 1 heterocycles. The van der Waals surface area contributed by atoms with Crippen molar-refractivity contribution in [1.29, 1.82) is 0 Å². The maximum Gasteiger partial charge on any atom is 0.372 e. The molecular formula is C10H17INO3+. The molecule has 1 unspecified atom stereocenters. The fourth-order valence-electron chi connectivity index (χ4n) is 1.55. The molecule has 0 amide bonds. The molecule has 1 atom stereocenters. The highest BCUT2D eigenvalue weighted by Crippen LogP contribution is 2.09. The monoisotopic (exact) mass is 326 g/mol.